The second kappa shape index (κ2) is 9.61. The average Bonchev–Trinajstić information content (AvgIpc) is 2.61. The van der Waals surface area contributed by atoms with Gasteiger partial charge in [0.05, 0.1) is 0 Å². The quantitative estimate of drug-likeness (QED) is 0.668. The van der Waals surface area contributed by atoms with Crippen LogP contribution in [-0.2, 0) is 6.42 Å². The van der Waals surface area contributed by atoms with Crippen LogP contribution in [0.4, 0.5) is 16.2 Å². The van der Waals surface area contributed by atoms with Gasteiger partial charge in [0.2, 0.25) is 0 Å². The van der Waals surface area contributed by atoms with Gasteiger partial charge >= 0.3 is 6.03 Å². The third kappa shape index (κ3) is 6.24. The highest BCUT2D eigenvalue weighted by Gasteiger charge is 2.08. The van der Waals surface area contributed by atoms with E-state index < -0.39 is 0 Å². The molecule has 0 heterocycles. The molecule has 0 atom stereocenters. The molecule has 0 bridgehead atoms. The maximum Gasteiger partial charge on any atom is 0.323 e. The Hall–Kier alpha value is -2.82. The fourth-order valence-electron chi connectivity index (χ4n) is 2.48. The maximum atomic E-state index is 12.1. The van der Waals surface area contributed by atoms with E-state index in [0.717, 1.165) is 12.1 Å². The van der Waals surface area contributed by atoms with E-state index in [1.165, 1.54) is 18.4 Å². The molecule has 2 aromatic carbocycles. The highest BCUT2D eigenvalue weighted by molar-refractivity contribution is 6.00. The zero-order valence-corrected chi connectivity index (χ0v) is 15.6. The van der Waals surface area contributed by atoms with Crippen LogP contribution in [0.1, 0.15) is 49.5 Å². The molecule has 2 rings (SSSR count). The predicted octanol–water partition coefficient (Wildman–Crippen LogP) is 4.81. The standard InChI is InChI=1S/C21H27N3O2/c1-4-5-6-16-7-11-18(12-8-16)23-21(26)24-19-13-9-17(10-14-19)20(25)22-15(2)3/h7-15H,4-6H2,1-3H3,(H,22,25)(H2,23,24,26). The highest BCUT2D eigenvalue weighted by Crippen LogP contribution is 2.14. The number of aryl methyl sites for hydroxylation is 1. The predicted molar refractivity (Wildman–Crippen MR) is 107 cm³/mol. The lowest BCUT2D eigenvalue weighted by atomic mass is 10.1. The molecule has 0 saturated carbocycles. The zero-order chi connectivity index (χ0) is 18.9. The monoisotopic (exact) mass is 353 g/mol. The number of hydrogen-bond donors (Lipinski definition) is 3. The molecular weight excluding hydrogens is 326 g/mol. The number of carbonyl (C=O) groups excluding carboxylic acids is 2. The van der Waals surface area contributed by atoms with Crippen molar-refractivity contribution in [2.45, 2.75) is 46.1 Å². The molecule has 5 nitrogen and oxygen atoms in total. The number of amides is 3. The average molecular weight is 353 g/mol. The van der Waals surface area contributed by atoms with Gasteiger partial charge in [-0.2, -0.15) is 0 Å². The Labute approximate surface area is 155 Å². The van der Waals surface area contributed by atoms with Crippen molar-refractivity contribution in [1.82, 2.24) is 5.32 Å². The Morgan fingerprint density at radius 3 is 1.92 bits per heavy atom. The second-order valence-electron chi connectivity index (χ2n) is 6.59. The third-order valence-corrected chi connectivity index (χ3v) is 3.86. The van der Waals surface area contributed by atoms with Crippen molar-refractivity contribution in [3.05, 3.63) is 59.7 Å². The Morgan fingerprint density at radius 2 is 1.42 bits per heavy atom. The summed E-state index contributed by atoms with van der Waals surface area (Å²) in [6, 6.07) is 14.5. The van der Waals surface area contributed by atoms with Crippen molar-refractivity contribution in [3.8, 4) is 0 Å². The molecule has 0 aliphatic heterocycles. The van der Waals surface area contributed by atoms with Crippen LogP contribution in [0.5, 0.6) is 0 Å². The van der Waals surface area contributed by atoms with Crippen LogP contribution in [0.2, 0.25) is 0 Å². The van der Waals surface area contributed by atoms with E-state index >= 15 is 0 Å². The van der Waals surface area contributed by atoms with Crippen molar-refractivity contribution in [2.24, 2.45) is 0 Å². The smallest absolute Gasteiger partial charge is 0.323 e. The van der Waals surface area contributed by atoms with Crippen LogP contribution in [-0.4, -0.2) is 18.0 Å². The van der Waals surface area contributed by atoms with E-state index in [-0.39, 0.29) is 18.0 Å². The summed E-state index contributed by atoms with van der Waals surface area (Å²) in [5, 5.41) is 8.40. The molecule has 0 unspecified atom stereocenters. The van der Waals surface area contributed by atoms with Crippen molar-refractivity contribution >= 4 is 23.3 Å². The minimum Gasteiger partial charge on any atom is -0.350 e. The van der Waals surface area contributed by atoms with Crippen molar-refractivity contribution in [2.75, 3.05) is 10.6 Å². The molecule has 2 aromatic rings. The summed E-state index contributed by atoms with van der Waals surface area (Å²) >= 11 is 0. The summed E-state index contributed by atoms with van der Waals surface area (Å²) in [5.41, 5.74) is 3.21. The van der Waals surface area contributed by atoms with E-state index in [9.17, 15) is 9.59 Å². The number of nitrogens with one attached hydrogen (secondary N) is 3. The summed E-state index contributed by atoms with van der Waals surface area (Å²) in [7, 11) is 0. The summed E-state index contributed by atoms with van der Waals surface area (Å²) in [6.45, 7) is 5.99. The Bertz CT molecular complexity index is 722. The van der Waals surface area contributed by atoms with Gasteiger partial charge in [0.15, 0.2) is 0 Å². The largest absolute Gasteiger partial charge is 0.350 e. The van der Waals surface area contributed by atoms with Crippen LogP contribution in [0.3, 0.4) is 0 Å². The Balaban J connectivity index is 1.88. The number of hydrogen-bond acceptors (Lipinski definition) is 2. The third-order valence-electron chi connectivity index (χ3n) is 3.86. The fourth-order valence-corrected chi connectivity index (χ4v) is 2.48. The first-order valence-electron chi connectivity index (χ1n) is 9.06. The van der Waals surface area contributed by atoms with Gasteiger partial charge in [-0.3, -0.25) is 4.79 Å². The summed E-state index contributed by atoms with van der Waals surface area (Å²) in [5.74, 6) is -0.126. The fraction of sp³-hybridized carbons (Fsp3) is 0.333. The molecule has 0 fully saturated rings. The molecule has 3 amide bonds. The summed E-state index contributed by atoms with van der Waals surface area (Å²) in [4.78, 5) is 24.0. The topological polar surface area (TPSA) is 70.2 Å². The van der Waals surface area contributed by atoms with Gasteiger partial charge in [0, 0.05) is 23.0 Å². The van der Waals surface area contributed by atoms with E-state index in [4.69, 9.17) is 0 Å². The van der Waals surface area contributed by atoms with Gasteiger partial charge in [-0.1, -0.05) is 25.5 Å². The number of benzene rings is 2. The van der Waals surface area contributed by atoms with E-state index in [1.54, 1.807) is 24.3 Å². The molecule has 0 saturated heterocycles. The van der Waals surface area contributed by atoms with Gasteiger partial charge in [0.1, 0.15) is 0 Å². The van der Waals surface area contributed by atoms with Gasteiger partial charge in [-0.15, -0.1) is 0 Å². The van der Waals surface area contributed by atoms with Gasteiger partial charge in [0.25, 0.3) is 5.91 Å². The normalized spacial score (nSPS) is 10.5. The van der Waals surface area contributed by atoms with Crippen molar-refractivity contribution in [3.63, 3.8) is 0 Å². The molecule has 0 spiro atoms. The second-order valence-corrected chi connectivity index (χ2v) is 6.59. The molecule has 5 heteroatoms. The number of anilines is 2. The first kappa shape index (κ1) is 19.5. The molecule has 3 N–H and O–H groups in total. The van der Waals surface area contributed by atoms with Crippen molar-refractivity contribution < 1.29 is 9.59 Å². The van der Waals surface area contributed by atoms with Gasteiger partial charge < -0.3 is 16.0 Å². The molecule has 0 aromatic heterocycles. The van der Waals surface area contributed by atoms with Crippen LogP contribution in [0.15, 0.2) is 48.5 Å². The van der Waals surface area contributed by atoms with Crippen LogP contribution < -0.4 is 16.0 Å². The maximum absolute atomic E-state index is 12.1. The van der Waals surface area contributed by atoms with Crippen LogP contribution >= 0.6 is 0 Å². The lowest BCUT2D eigenvalue weighted by Gasteiger charge is -2.10. The molecule has 138 valence electrons. The molecule has 26 heavy (non-hydrogen) atoms. The first-order valence-corrected chi connectivity index (χ1v) is 9.06. The van der Waals surface area contributed by atoms with Crippen molar-refractivity contribution in [1.29, 1.82) is 0 Å². The van der Waals surface area contributed by atoms with Crippen LogP contribution in [0.25, 0.3) is 0 Å². The van der Waals surface area contributed by atoms with E-state index in [0.29, 0.717) is 11.3 Å². The minimum absolute atomic E-state index is 0.0828. The molecule has 0 radical (unpaired) electrons. The molecule has 0 aliphatic rings. The Morgan fingerprint density at radius 1 is 0.885 bits per heavy atom. The number of unbranched alkanes of at least 4 members (excludes halogenated alkanes) is 1. The van der Waals surface area contributed by atoms with E-state index in [1.807, 2.05) is 38.1 Å². The summed E-state index contributed by atoms with van der Waals surface area (Å²) < 4.78 is 0. The number of carbonyl (C=O) groups is 2. The molecular formula is C21H27N3O2. The lowest BCUT2D eigenvalue weighted by Crippen LogP contribution is -2.30. The van der Waals surface area contributed by atoms with Gasteiger partial charge in [-0.05, 0) is 68.7 Å². The first-order chi connectivity index (χ1) is 12.5. The van der Waals surface area contributed by atoms with Crippen LogP contribution in [0, 0.1) is 0 Å². The van der Waals surface area contributed by atoms with Gasteiger partial charge in [-0.25, -0.2) is 4.79 Å². The SMILES string of the molecule is CCCCc1ccc(NC(=O)Nc2ccc(C(=O)NC(C)C)cc2)cc1. The highest BCUT2D eigenvalue weighted by atomic mass is 16.2. The number of rotatable bonds is 7. The summed E-state index contributed by atoms with van der Waals surface area (Å²) in [6.07, 6.45) is 3.39. The zero-order valence-electron chi connectivity index (χ0n) is 15.6. The molecule has 0 aliphatic carbocycles. The minimum atomic E-state index is -0.314. The van der Waals surface area contributed by atoms with E-state index in [2.05, 4.69) is 22.9 Å². The lowest BCUT2D eigenvalue weighted by molar-refractivity contribution is 0.0943. The number of urea groups is 1. The Kier molecular flexibility index (Phi) is 7.21.